The summed E-state index contributed by atoms with van der Waals surface area (Å²) in [6, 6.07) is 8.89. The van der Waals surface area contributed by atoms with Gasteiger partial charge in [-0.2, -0.15) is 0 Å². The van der Waals surface area contributed by atoms with E-state index in [9.17, 15) is 0 Å². The van der Waals surface area contributed by atoms with Gasteiger partial charge < -0.3 is 10.1 Å². The molecule has 1 aromatic carbocycles. The van der Waals surface area contributed by atoms with E-state index in [0.717, 1.165) is 44.8 Å². The minimum atomic E-state index is 0. The monoisotopic (exact) mass is 346 g/mol. The molecule has 5 heteroatoms. The molecule has 2 rings (SSSR count). The number of halogens is 2. The quantitative estimate of drug-likeness (QED) is 0.759. The Morgan fingerprint density at radius 3 is 2.59 bits per heavy atom. The smallest absolute Gasteiger partial charge is 0.124 e. The average molecular weight is 347 g/mol. The summed E-state index contributed by atoms with van der Waals surface area (Å²) in [5.41, 5.74) is 1.32. The Hall–Kier alpha value is -0.740. The van der Waals surface area contributed by atoms with Crippen molar-refractivity contribution in [2.75, 3.05) is 32.8 Å². The molecule has 1 atom stereocenters. The Kier molecular flexibility index (Phi) is 11.4. The van der Waals surface area contributed by atoms with E-state index in [-0.39, 0.29) is 24.8 Å². The maximum atomic E-state index is 5.82. The fourth-order valence-corrected chi connectivity index (χ4v) is 2.85. The SMILES string of the molecule is C=CCC[C@H](c1ccccc1OCC)N1CCNCC1.Cl.Cl. The van der Waals surface area contributed by atoms with Gasteiger partial charge >= 0.3 is 0 Å². The standard InChI is InChI=1S/C17H26N2O.2ClH/c1-3-5-9-16(19-13-11-18-12-14-19)15-8-6-7-10-17(15)20-4-2;;/h3,6-8,10,16,18H,1,4-5,9,11-14H2,2H3;2*1H/t16-;;/m1../s1. The maximum Gasteiger partial charge on any atom is 0.124 e. The molecule has 0 radical (unpaired) electrons. The molecule has 3 nitrogen and oxygen atoms in total. The second-order valence-electron chi connectivity index (χ2n) is 5.14. The van der Waals surface area contributed by atoms with E-state index < -0.39 is 0 Å². The molecule has 1 aliphatic heterocycles. The van der Waals surface area contributed by atoms with E-state index >= 15 is 0 Å². The van der Waals surface area contributed by atoms with Crippen molar-refractivity contribution in [3.05, 3.63) is 42.5 Å². The Labute approximate surface area is 146 Å². The molecule has 0 unspecified atom stereocenters. The normalized spacial score (nSPS) is 16.0. The Bertz CT molecular complexity index is 423. The molecule has 0 aliphatic carbocycles. The number of nitrogens with one attached hydrogen (secondary N) is 1. The number of rotatable bonds is 7. The summed E-state index contributed by atoms with van der Waals surface area (Å²) in [6.45, 7) is 11.0. The van der Waals surface area contributed by atoms with Crippen LogP contribution in [-0.4, -0.2) is 37.7 Å². The Morgan fingerprint density at radius 2 is 1.95 bits per heavy atom. The van der Waals surface area contributed by atoms with Crippen molar-refractivity contribution in [1.82, 2.24) is 10.2 Å². The van der Waals surface area contributed by atoms with Crippen LogP contribution in [0.2, 0.25) is 0 Å². The zero-order valence-corrected chi connectivity index (χ0v) is 14.9. The third-order valence-electron chi connectivity index (χ3n) is 3.81. The number of nitrogens with zero attached hydrogens (tertiary/aromatic N) is 1. The molecule has 0 saturated carbocycles. The van der Waals surface area contributed by atoms with Gasteiger partial charge in [-0.05, 0) is 25.8 Å². The molecular formula is C17H28Cl2N2O. The van der Waals surface area contributed by atoms with E-state index in [1.54, 1.807) is 0 Å². The molecule has 1 heterocycles. The van der Waals surface area contributed by atoms with Crippen molar-refractivity contribution in [2.45, 2.75) is 25.8 Å². The van der Waals surface area contributed by atoms with Crippen LogP contribution in [0, 0.1) is 0 Å². The van der Waals surface area contributed by atoms with Crippen molar-refractivity contribution < 1.29 is 4.74 Å². The van der Waals surface area contributed by atoms with Crippen molar-refractivity contribution in [3.8, 4) is 5.75 Å². The molecular weight excluding hydrogens is 319 g/mol. The van der Waals surface area contributed by atoms with Crippen LogP contribution < -0.4 is 10.1 Å². The van der Waals surface area contributed by atoms with Gasteiger partial charge in [0.1, 0.15) is 5.75 Å². The van der Waals surface area contributed by atoms with Gasteiger partial charge in [-0.15, -0.1) is 31.4 Å². The lowest BCUT2D eigenvalue weighted by atomic mass is 9.98. The number of hydrogen-bond donors (Lipinski definition) is 1. The van der Waals surface area contributed by atoms with Crippen molar-refractivity contribution >= 4 is 24.8 Å². The molecule has 0 bridgehead atoms. The summed E-state index contributed by atoms with van der Waals surface area (Å²) in [5.74, 6) is 1.03. The van der Waals surface area contributed by atoms with E-state index in [2.05, 4.69) is 41.1 Å². The molecule has 1 aliphatic rings. The van der Waals surface area contributed by atoms with E-state index in [4.69, 9.17) is 4.74 Å². The topological polar surface area (TPSA) is 24.5 Å². The van der Waals surface area contributed by atoms with Crippen LogP contribution in [-0.2, 0) is 0 Å². The van der Waals surface area contributed by atoms with Crippen molar-refractivity contribution in [2.24, 2.45) is 0 Å². The summed E-state index contributed by atoms with van der Waals surface area (Å²) in [6.07, 6.45) is 4.15. The molecule has 0 amide bonds. The molecule has 0 aromatic heterocycles. The summed E-state index contributed by atoms with van der Waals surface area (Å²) >= 11 is 0. The number of benzene rings is 1. The minimum Gasteiger partial charge on any atom is -0.494 e. The molecule has 126 valence electrons. The van der Waals surface area contributed by atoms with Gasteiger partial charge in [0.25, 0.3) is 0 Å². The number of piperazine rings is 1. The van der Waals surface area contributed by atoms with E-state index in [1.165, 1.54) is 5.56 Å². The van der Waals surface area contributed by atoms with Gasteiger partial charge in [0.05, 0.1) is 6.61 Å². The third kappa shape index (κ3) is 5.81. The number of hydrogen-bond acceptors (Lipinski definition) is 3. The zero-order valence-electron chi connectivity index (χ0n) is 13.3. The largest absolute Gasteiger partial charge is 0.494 e. The van der Waals surface area contributed by atoms with Gasteiger partial charge in [-0.3, -0.25) is 4.90 Å². The highest BCUT2D eigenvalue weighted by molar-refractivity contribution is 5.85. The predicted molar refractivity (Wildman–Crippen MR) is 98.7 cm³/mol. The van der Waals surface area contributed by atoms with Crippen LogP contribution in [0.25, 0.3) is 0 Å². The first-order valence-corrected chi connectivity index (χ1v) is 7.64. The number of allylic oxidation sites excluding steroid dienone is 1. The molecule has 1 N–H and O–H groups in total. The fraction of sp³-hybridized carbons (Fsp3) is 0.529. The van der Waals surface area contributed by atoms with Gasteiger partial charge in [-0.1, -0.05) is 24.3 Å². The fourth-order valence-electron chi connectivity index (χ4n) is 2.85. The summed E-state index contributed by atoms with van der Waals surface area (Å²) in [5, 5.41) is 3.42. The lowest BCUT2D eigenvalue weighted by Crippen LogP contribution is -2.45. The van der Waals surface area contributed by atoms with Crippen LogP contribution in [0.4, 0.5) is 0 Å². The first-order chi connectivity index (χ1) is 9.86. The first-order valence-electron chi connectivity index (χ1n) is 7.64. The third-order valence-corrected chi connectivity index (χ3v) is 3.81. The number of para-hydroxylation sites is 1. The summed E-state index contributed by atoms with van der Waals surface area (Å²) in [7, 11) is 0. The first kappa shape index (κ1) is 21.3. The Balaban J connectivity index is 0.00000220. The van der Waals surface area contributed by atoms with Crippen LogP contribution in [0.15, 0.2) is 36.9 Å². The predicted octanol–water partition coefficient (Wildman–Crippen LogP) is 3.84. The van der Waals surface area contributed by atoms with Crippen LogP contribution in [0.3, 0.4) is 0 Å². The Morgan fingerprint density at radius 1 is 1.27 bits per heavy atom. The second-order valence-corrected chi connectivity index (χ2v) is 5.14. The maximum absolute atomic E-state index is 5.82. The van der Waals surface area contributed by atoms with Gasteiger partial charge in [0, 0.05) is 37.8 Å². The lowest BCUT2D eigenvalue weighted by molar-refractivity contribution is 0.162. The lowest BCUT2D eigenvalue weighted by Gasteiger charge is -2.35. The van der Waals surface area contributed by atoms with Crippen LogP contribution in [0.1, 0.15) is 31.4 Å². The van der Waals surface area contributed by atoms with Gasteiger partial charge in [-0.25, -0.2) is 0 Å². The zero-order chi connectivity index (χ0) is 14.2. The summed E-state index contributed by atoms with van der Waals surface area (Å²) in [4.78, 5) is 2.57. The van der Waals surface area contributed by atoms with Gasteiger partial charge in [0.2, 0.25) is 0 Å². The average Bonchev–Trinajstić information content (AvgIpc) is 2.50. The molecule has 1 aromatic rings. The van der Waals surface area contributed by atoms with Crippen LogP contribution >= 0.6 is 24.8 Å². The second kappa shape index (κ2) is 11.8. The molecule has 0 spiro atoms. The van der Waals surface area contributed by atoms with Crippen LogP contribution in [0.5, 0.6) is 5.75 Å². The minimum absolute atomic E-state index is 0. The highest BCUT2D eigenvalue weighted by Crippen LogP contribution is 2.33. The highest BCUT2D eigenvalue weighted by Gasteiger charge is 2.23. The molecule has 22 heavy (non-hydrogen) atoms. The van der Waals surface area contributed by atoms with E-state index in [1.807, 2.05) is 13.0 Å². The highest BCUT2D eigenvalue weighted by atomic mass is 35.5. The van der Waals surface area contributed by atoms with E-state index in [0.29, 0.717) is 12.6 Å². The number of ether oxygens (including phenoxy) is 1. The molecule has 1 fully saturated rings. The van der Waals surface area contributed by atoms with Crippen molar-refractivity contribution in [3.63, 3.8) is 0 Å². The van der Waals surface area contributed by atoms with Gasteiger partial charge in [0.15, 0.2) is 0 Å². The summed E-state index contributed by atoms with van der Waals surface area (Å²) < 4.78 is 5.82. The molecule has 1 saturated heterocycles. The van der Waals surface area contributed by atoms with Crippen molar-refractivity contribution in [1.29, 1.82) is 0 Å².